The number of nitrogens with zero attached hydrogens (tertiary/aromatic N) is 1. The Kier molecular flexibility index (Phi) is 3.05. The molecule has 0 aliphatic heterocycles. The van der Waals surface area contributed by atoms with Gasteiger partial charge in [0, 0.05) is 12.1 Å². The van der Waals surface area contributed by atoms with Gasteiger partial charge in [-0.1, -0.05) is 0 Å². The molecular formula is C11H8BrFN2O. The van der Waals surface area contributed by atoms with Crippen LogP contribution >= 0.6 is 15.9 Å². The van der Waals surface area contributed by atoms with Gasteiger partial charge < -0.3 is 10.5 Å². The van der Waals surface area contributed by atoms with E-state index in [1.165, 1.54) is 18.5 Å². The van der Waals surface area contributed by atoms with Crippen molar-refractivity contribution in [3.05, 3.63) is 46.9 Å². The van der Waals surface area contributed by atoms with Crippen molar-refractivity contribution in [2.24, 2.45) is 0 Å². The Morgan fingerprint density at radius 3 is 2.69 bits per heavy atom. The van der Waals surface area contributed by atoms with Crippen molar-refractivity contribution < 1.29 is 9.13 Å². The minimum atomic E-state index is -0.380. The van der Waals surface area contributed by atoms with E-state index < -0.39 is 0 Å². The zero-order chi connectivity index (χ0) is 11.5. The number of hydrogen-bond acceptors (Lipinski definition) is 3. The van der Waals surface area contributed by atoms with Crippen LogP contribution in [-0.4, -0.2) is 4.98 Å². The van der Waals surface area contributed by atoms with Crippen LogP contribution in [0.25, 0.3) is 0 Å². The Balaban J connectivity index is 2.24. The highest BCUT2D eigenvalue weighted by Gasteiger charge is 2.03. The first-order valence-electron chi connectivity index (χ1n) is 4.48. The molecule has 0 fully saturated rings. The van der Waals surface area contributed by atoms with Crippen LogP contribution in [0.3, 0.4) is 0 Å². The lowest BCUT2D eigenvalue weighted by atomic mass is 10.3. The molecule has 0 saturated heterocycles. The zero-order valence-corrected chi connectivity index (χ0v) is 9.74. The number of benzene rings is 1. The third-order valence-electron chi connectivity index (χ3n) is 1.86. The van der Waals surface area contributed by atoms with E-state index in [1.807, 2.05) is 0 Å². The molecule has 0 spiro atoms. The lowest BCUT2D eigenvalue weighted by Crippen LogP contribution is -1.90. The van der Waals surface area contributed by atoms with Gasteiger partial charge >= 0.3 is 0 Å². The van der Waals surface area contributed by atoms with E-state index in [2.05, 4.69) is 20.9 Å². The van der Waals surface area contributed by atoms with Crippen molar-refractivity contribution in [3.63, 3.8) is 0 Å². The average molecular weight is 283 g/mol. The smallest absolute Gasteiger partial charge is 0.147 e. The van der Waals surface area contributed by atoms with Gasteiger partial charge in [0.25, 0.3) is 0 Å². The molecule has 0 aliphatic carbocycles. The molecule has 1 aromatic carbocycles. The molecule has 16 heavy (non-hydrogen) atoms. The quantitative estimate of drug-likeness (QED) is 0.919. The van der Waals surface area contributed by atoms with Crippen LogP contribution < -0.4 is 10.5 Å². The van der Waals surface area contributed by atoms with E-state index in [-0.39, 0.29) is 5.82 Å². The molecule has 2 rings (SSSR count). The Morgan fingerprint density at radius 1 is 1.19 bits per heavy atom. The number of nitrogen functional groups attached to an aromatic ring is 1. The van der Waals surface area contributed by atoms with Crippen LogP contribution in [0.4, 0.5) is 10.1 Å². The maximum absolute atomic E-state index is 13.2. The Labute approximate surface area is 100 Å². The van der Waals surface area contributed by atoms with Crippen molar-refractivity contribution in [1.29, 1.82) is 0 Å². The summed E-state index contributed by atoms with van der Waals surface area (Å²) in [6.45, 7) is 0. The number of aromatic nitrogens is 1. The number of ether oxygens (including phenoxy) is 1. The zero-order valence-electron chi connectivity index (χ0n) is 8.15. The third-order valence-corrected chi connectivity index (χ3v) is 2.50. The Bertz CT molecular complexity index is 519. The Morgan fingerprint density at radius 2 is 2.00 bits per heavy atom. The van der Waals surface area contributed by atoms with E-state index in [4.69, 9.17) is 10.5 Å². The number of nitrogens with two attached hydrogens (primary N) is 1. The SMILES string of the molecule is Nc1cncc(Oc2ccc(Br)c(F)c2)c1. The lowest BCUT2D eigenvalue weighted by Gasteiger charge is -2.06. The molecule has 0 atom stereocenters. The van der Waals surface area contributed by atoms with Crippen LogP contribution in [-0.2, 0) is 0 Å². The average Bonchev–Trinajstić information content (AvgIpc) is 2.24. The van der Waals surface area contributed by atoms with E-state index >= 15 is 0 Å². The third kappa shape index (κ3) is 2.49. The van der Waals surface area contributed by atoms with Gasteiger partial charge in [0.15, 0.2) is 0 Å². The molecule has 5 heteroatoms. The predicted molar refractivity (Wildman–Crippen MR) is 62.8 cm³/mol. The van der Waals surface area contributed by atoms with Crippen LogP contribution in [0.1, 0.15) is 0 Å². The summed E-state index contributed by atoms with van der Waals surface area (Å²) in [6.07, 6.45) is 3.02. The van der Waals surface area contributed by atoms with Crippen molar-refractivity contribution in [2.75, 3.05) is 5.73 Å². The molecule has 2 aromatic rings. The van der Waals surface area contributed by atoms with Gasteiger partial charge in [-0.2, -0.15) is 0 Å². The summed E-state index contributed by atoms with van der Waals surface area (Å²) in [5.41, 5.74) is 6.04. The van der Waals surface area contributed by atoms with Crippen molar-refractivity contribution in [1.82, 2.24) is 4.98 Å². The first-order chi connectivity index (χ1) is 7.65. The normalized spacial score (nSPS) is 10.1. The number of hydrogen-bond donors (Lipinski definition) is 1. The summed E-state index contributed by atoms with van der Waals surface area (Å²) in [4.78, 5) is 3.87. The molecule has 0 bridgehead atoms. The number of anilines is 1. The standard InChI is InChI=1S/C11H8BrFN2O/c12-10-2-1-8(4-11(10)13)16-9-3-7(14)5-15-6-9/h1-6H,14H2. The van der Waals surface area contributed by atoms with Crippen LogP contribution in [0.5, 0.6) is 11.5 Å². The number of halogens is 2. The molecular weight excluding hydrogens is 275 g/mol. The molecule has 1 heterocycles. The monoisotopic (exact) mass is 282 g/mol. The molecule has 1 aromatic heterocycles. The highest BCUT2D eigenvalue weighted by atomic mass is 79.9. The lowest BCUT2D eigenvalue weighted by molar-refractivity contribution is 0.474. The molecule has 2 N–H and O–H groups in total. The topological polar surface area (TPSA) is 48.1 Å². The molecule has 0 amide bonds. The summed E-state index contributed by atoms with van der Waals surface area (Å²) in [5, 5.41) is 0. The Hall–Kier alpha value is -1.62. The predicted octanol–water partition coefficient (Wildman–Crippen LogP) is 3.36. The van der Waals surface area contributed by atoms with Crippen molar-refractivity contribution in [2.45, 2.75) is 0 Å². The second kappa shape index (κ2) is 4.49. The maximum Gasteiger partial charge on any atom is 0.147 e. The summed E-state index contributed by atoms with van der Waals surface area (Å²) in [7, 11) is 0. The number of pyridine rings is 1. The summed E-state index contributed by atoms with van der Waals surface area (Å²) in [5.74, 6) is 0.490. The fraction of sp³-hybridized carbons (Fsp3) is 0. The molecule has 0 saturated carbocycles. The largest absolute Gasteiger partial charge is 0.456 e. The van der Waals surface area contributed by atoms with E-state index in [0.29, 0.717) is 21.7 Å². The minimum absolute atomic E-state index is 0.380. The van der Waals surface area contributed by atoms with Crippen LogP contribution in [0, 0.1) is 5.82 Å². The maximum atomic E-state index is 13.2. The molecule has 3 nitrogen and oxygen atoms in total. The first-order valence-corrected chi connectivity index (χ1v) is 5.28. The van der Waals surface area contributed by atoms with Crippen molar-refractivity contribution in [3.8, 4) is 11.5 Å². The van der Waals surface area contributed by atoms with Gasteiger partial charge in [0.1, 0.15) is 17.3 Å². The first kappa shape index (κ1) is 10.9. The second-order valence-corrected chi connectivity index (χ2v) is 3.99. The second-order valence-electron chi connectivity index (χ2n) is 3.13. The van der Waals surface area contributed by atoms with Gasteiger partial charge in [-0.25, -0.2) is 4.39 Å². The summed E-state index contributed by atoms with van der Waals surface area (Å²) >= 11 is 3.06. The highest BCUT2D eigenvalue weighted by Crippen LogP contribution is 2.25. The van der Waals surface area contributed by atoms with Crippen LogP contribution in [0.2, 0.25) is 0 Å². The van der Waals surface area contributed by atoms with Gasteiger partial charge in [-0.15, -0.1) is 0 Å². The van der Waals surface area contributed by atoms with Gasteiger partial charge in [0.05, 0.1) is 22.6 Å². The van der Waals surface area contributed by atoms with Crippen molar-refractivity contribution >= 4 is 21.6 Å². The van der Waals surface area contributed by atoms with E-state index in [9.17, 15) is 4.39 Å². The van der Waals surface area contributed by atoms with Gasteiger partial charge in [0.2, 0.25) is 0 Å². The van der Waals surface area contributed by atoms with Gasteiger partial charge in [-0.3, -0.25) is 4.98 Å². The number of rotatable bonds is 2. The van der Waals surface area contributed by atoms with E-state index in [0.717, 1.165) is 0 Å². The van der Waals surface area contributed by atoms with E-state index in [1.54, 1.807) is 18.2 Å². The summed E-state index contributed by atoms with van der Waals surface area (Å²) < 4.78 is 19.0. The highest BCUT2D eigenvalue weighted by molar-refractivity contribution is 9.10. The molecule has 0 radical (unpaired) electrons. The molecule has 0 unspecified atom stereocenters. The summed E-state index contributed by atoms with van der Waals surface area (Å²) in [6, 6.07) is 6.13. The van der Waals surface area contributed by atoms with Crippen LogP contribution in [0.15, 0.2) is 41.1 Å². The minimum Gasteiger partial charge on any atom is -0.456 e. The molecule has 82 valence electrons. The van der Waals surface area contributed by atoms with Gasteiger partial charge in [-0.05, 0) is 28.1 Å². The fourth-order valence-electron chi connectivity index (χ4n) is 1.17. The molecule has 0 aliphatic rings. The fourth-order valence-corrected chi connectivity index (χ4v) is 1.41.